The summed E-state index contributed by atoms with van der Waals surface area (Å²) in [5, 5.41) is 0. The minimum Gasteiger partial charge on any atom is -0.547 e. The molecule has 1 aromatic rings. The van der Waals surface area contributed by atoms with Crippen LogP contribution in [0.1, 0.15) is 58.4 Å². The molecule has 2 aliphatic carbocycles. The van der Waals surface area contributed by atoms with Crippen molar-refractivity contribution in [2.45, 2.75) is 95.6 Å². The molecule has 0 radical (unpaired) electrons. The van der Waals surface area contributed by atoms with Crippen LogP contribution in [0.15, 0.2) is 42.2 Å². The fourth-order valence-corrected chi connectivity index (χ4v) is 7.84. The van der Waals surface area contributed by atoms with Crippen LogP contribution in [0.5, 0.6) is 0 Å². The molecular formula is C28H41NO3Si. The van der Waals surface area contributed by atoms with E-state index < -0.39 is 13.9 Å². The van der Waals surface area contributed by atoms with Gasteiger partial charge in [-0.15, -0.1) is 0 Å². The van der Waals surface area contributed by atoms with E-state index in [4.69, 9.17) is 9.16 Å². The third kappa shape index (κ3) is 3.99. The van der Waals surface area contributed by atoms with Crippen LogP contribution >= 0.6 is 0 Å². The Kier molecular flexibility index (Phi) is 5.60. The molecule has 0 spiro atoms. The molecule has 0 aromatic heterocycles. The molecule has 1 saturated carbocycles. The van der Waals surface area contributed by atoms with Crippen molar-refractivity contribution in [3.8, 4) is 0 Å². The van der Waals surface area contributed by atoms with Gasteiger partial charge in [0.1, 0.15) is 11.6 Å². The van der Waals surface area contributed by atoms with E-state index in [2.05, 4.69) is 81.7 Å². The van der Waals surface area contributed by atoms with Gasteiger partial charge in [-0.3, -0.25) is 4.90 Å². The third-order valence-electron chi connectivity index (χ3n) is 8.78. The fourth-order valence-electron chi connectivity index (χ4n) is 6.93. The van der Waals surface area contributed by atoms with Crippen LogP contribution in [0, 0.1) is 17.8 Å². The monoisotopic (exact) mass is 467 g/mol. The van der Waals surface area contributed by atoms with Crippen LogP contribution in [-0.4, -0.2) is 43.4 Å². The highest BCUT2D eigenvalue weighted by atomic mass is 28.4. The summed E-state index contributed by atoms with van der Waals surface area (Å²) < 4.78 is 13.0. The first-order chi connectivity index (χ1) is 15.5. The second-order valence-corrected chi connectivity index (χ2v) is 17.0. The summed E-state index contributed by atoms with van der Waals surface area (Å²) in [5.74, 6) is 2.16. The van der Waals surface area contributed by atoms with Crippen molar-refractivity contribution in [3.63, 3.8) is 0 Å². The number of nitrogens with zero attached hydrogens (tertiary/aromatic N) is 1. The Hall–Kier alpha value is -1.59. The number of carbonyl (C=O) groups excluding carboxylic acids is 1. The third-order valence-corrected chi connectivity index (χ3v) is 9.63. The lowest BCUT2D eigenvalue weighted by Gasteiger charge is -2.46. The van der Waals surface area contributed by atoms with Gasteiger partial charge in [-0.05, 0) is 68.3 Å². The molecule has 3 heterocycles. The van der Waals surface area contributed by atoms with Crippen molar-refractivity contribution >= 4 is 14.3 Å². The number of esters is 1. The van der Waals surface area contributed by atoms with Gasteiger partial charge in [-0.2, -0.15) is 0 Å². The lowest BCUT2D eigenvalue weighted by molar-refractivity contribution is -0.164. The predicted octanol–water partition coefficient (Wildman–Crippen LogP) is 5.89. The molecule has 2 bridgehead atoms. The number of ether oxygens (including phenoxy) is 1. The van der Waals surface area contributed by atoms with E-state index in [1.54, 1.807) is 0 Å². The summed E-state index contributed by atoms with van der Waals surface area (Å²) in [6.07, 6.45) is 7.70. The maximum Gasteiger partial charge on any atom is 0.328 e. The molecule has 7 atom stereocenters. The second kappa shape index (κ2) is 7.98. The molecular weight excluding hydrogens is 426 g/mol. The molecule has 1 aromatic carbocycles. The van der Waals surface area contributed by atoms with Gasteiger partial charge in [0.2, 0.25) is 8.32 Å². The van der Waals surface area contributed by atoms with Gasteiger partial charge in [0.25, 0.3) is 0 Å². The maximum atomic E-state index is 13.9. The van der Waals surface area contributed by atoms with Gasteiger partial charge >= 0.3 is 5.97 Å². The van der Waals surface area contributed by atoms with Crippen LogP contribution in [0.25, 0.3) is 0 Å². The zero-order chi connectivity index (χ0) is 23.6. The summed E-state index contributed by atoms with van der Waals surface area (Å²) in [6, 6.07) is 11.1. The first-order valence-electron chi connectivity index (χ1n) is 13.0. The van der Waals surface area contributed by atoms with E-state index in [0.29, 0.717) is 17.9 Å². The Labute approximate surface area is 200 Å². The highest BCUT2D eigenvalue weighted by Crippen LogP contribution is 2.57. The van der Waals surface area contributed by atoms with Crippen molar-refractivity contribution in [3.05, 3.63) is 47.7 Å². The largest absolute Gasteiger partial charge is 0.547 e. The van der Waals surface area contributed by atoms with Crippen molar-refractivity contribution in [2.24, 2.45) is 17.8 Å². The van der Waals surface area contributed by atoms with E-state index in [1.165, 1.54) is 12.0 Å². The molecule has 6 rings (SSSR count). The van der Waals surface area contributed by atoms with Crippen LogP contribution in [0.3, 0.4) is 0 Å². The van der Waals surface area contributed by atoms with Crippen LogP contribution in [0.4, 0.5) is 0 Å². The lowest BCUT2D eigenvalue weighted by atomic mass is 9.64. The Morgan fingerprint density at radius 1 is 1.09 bits per heavy atom. The van der Waals surface area contributed by atoms with Crippen molar-refractivity contribution < 1.29 is 14.0 Å². The Morgan fingerprint density at radius 2 is 1.82 bits per heavy atom. The average molecular weight is 468 g/mol. The molecule has 0 N–H and O–H groups in total. The summed E-state index contributed by atoms with van der Waals surface area (Å²) in [5.41, 5.74) is 0.821. The van der Waals surface area contributed by atoms with Gasteiger partial charge in [-0.25, -0.2) is 4.79 Å². The number of carbonyl (C=O) groups is 1. The van der Waals surface area contributed by atoms with Gasteiger partial charge in [-0.1, -0.05) is 57.5 Å². The number of rotatable bonds is 6. The van der Waals surface area contributed by atoms with Crippen molar-refractivity contribution in [1.29, 1.82) is 0 Å². The topological polar surface area (TPSA) is 38.5 Å². The fraction of sp³-hybridized carbons (Fsp3) is 0.679. The highest BCUT2D eigenvalue weighted by Gasteiger charge is 2.71. The predicted molar refractivity (Wildman–Crippen MR) is 134 cm³/mol. The molecule has 3 fully saturated rings. The normalized spacial score (nSPS) is 37.7. The summed E-state index contributed by atoms with van der Waals surface area (Å²) in [6.45, 7) is 14.5. The van der Waals surface area contributed by atoms with E-state index in [9.17, 15) is 4.79 Å². The van der Waals surface area contributed by atoms with Crippen molar-refractivity contribution in [2.75, 3.05) is 6.54 Å². The van der Waals surface area contributed by atoms with E-state index in [1.807, 2.05) is 0 Å². The van der Waals surface area contributed by atoms with E-state index in [-0.39, 0.29) is 23.4 Å². The Balaban J connectivity index is 1.38. The molecule has 5 aliphatic rings. The van der Waals surface area contributed by atoms with Crippen molar-refractivity contribution in [1.82, 2.24) is 4.90 Å². The van der Waals surface area contributed by atoms with Crippen LogP contribution in [0.2, 0.25) is 19.6 Å². The molecule has 3 aliphatic heterocycles. The summed E-state index contributed by atoms with van der Waals surface area (Å²) >= 11 is 0. The molecule has 0 amide bonds. The van der Waals surface area contributed by atoms with Crippen LogP contribution in [-0.2, 0) is 19.4 Å². The smallest absolute Gasteiger partial charge is 0.328 e. The number of hydrogen-bond donors (Lipinski definition) is 0. The number of piperidine rings is 1. The SMILES string of the molecule is C[C@@H]1CC[C@@H](C(C)(C)c2ccccc2)[C@H](OC(=O)[C@@]23CN2[C@@H]2C=C(O[Si](C)(C)C)[C@H]3CC2)C1. The minimum absolute atomic E-state index is 0.00920. The Morgan fingerprint density at radius 3 is 2.52 bits per heavy atom. The van der Waals surface area contributed by atoms with Gasteiger partial charge in [0.15, 0.2) is 0 Å². The Bertz CT molecular complexity index is 936. The summed E-state index contributed by atoms with van der Waals surface area (Å²) in [4.78, 5) is 16.3. The molecule has 1 unspecified atom stereocenters. The van der Waals surface area contributed by atoms with Gasteiger partial charge in [0.05, 0.1) is 5.76 Å². The number of benzene rings is 1. The zero-order valence-corrected chi connectivity index (χ0v) is 22.3. The van der Waals surface area contributed by atoms with Gasteiger partial charge < -0.3 is 9.16 Å². The number of hydrogen-bond acceptors (Lipinski definition) is 4. The molecule has 5 heteroatoms. The molecule has 4 nitrogen and oxygen atoms in total. The first-order valence-corrected chi connectivity index (χ1v) is 16.4. The molecule has 2 saturated heterocycles. The first kappa shape index (κ1) is 23.2. The quantitative estimate of drug-likeness (QED) is 0.297. The second-order valence-electron chi connectivity index (χ2n) is 12.6. The standard InChI is InChI=1S/C28H41NO3Si/c1-19-12-14-22(27(2,3)20-10-8-7-9-11-20)24(16-19)31-26(30)28-18-29(28)21-13-15-23(28)25(17-21)32-33(4,5)6/h7-11,17,19,21-24H,12-16,18H2,1-6H3/t19-,21+,22-,23-,24-,28+,29?/m1/s1. The van der Waals surface area contributed by atoms with E-state index >= 15 is 0 Å². The van der Waals surface area contributed by atoms with E-state index in [0.717, 1.165) is 38.0 Å². The highest BCUT2D eigenvalue weighted by molar-refractivity contribution is 6.70. The minimum atomic E-state index is -1.72. The summed E-state index contributed by atoms with van der Waals surface area (Å²) in [7, 11) is -1.72. The average Bonchev–Trinajstić information content (AvgIpc) is 3.53. The molecule has 180 valence electrons. The van der Waals surface area contributed by atoms with Crippen LogP contribution < -0.4 is 0 Å². The number of fused-ring (bicyclic) bond motifs is 1. The molecule has 33 heavy (non-hydrogen) atoms. The maximum absolute atomic E-state index is 13.9. The van der Waals surface area contributed by atoms with Gasteiger partial charge in [0, 0.05) is 24.4 Å². The lowest BCUT2D eigenvalue weighted by Crippen LogP contribution is -2.53. The zero-order valence-electron chi connectivity index (χ0n) is 21.3.